The number of rotatable bonds is 6. The van der Waals surface area contributed by atoms with Gasteiger partial charge < -0.3 is 15.4 Å². The number of carbonyl (C=O) groups excluding carboxylic acids is 1. The van der Waals surface area contributed by atoms with Gasteiger partial charge in [-0.25, -0.2) is 0 Å². The smallest absolute Gasteiger partial charge is 0.239 e. The van der Waals surface area contributed by atoms with Crippen molar-refractivity contribution >= 4 is 5.91 Å². The maximum absolute atomic E-state index is 12.4. The molecule has 4 nitrogen and oxygen atoms in total. The molecule has 0 radical (unpaired) electrons. The van der Waals surface area contributed by atoms with Crippen molar-refractivity contribution < 1.29 is 9.53 Å². The molecule has 2 aromatic rings. The Hall–Kier alpha value is -2.33. The molecule has 0 saturated heterocycles. The standard InChI is InChI=1S/C19H24N2O2/c1-14-11-16(9-10-18(14)23-3)13-21(2)19(22)17(20)12-15-7-5-4-6-8-15/h4-11,17H,12-13,20H2,1-3H3/t17-/m1/s1. The fourth-order valence-corrected chi connectivity index (χ4v) is 2.63. The third-order valence-corrected chi connectivity index (χ3v) is 3.87. The predicted octanol–water partition coefficient (Wildman–Crippen LogP) is 2.53. The number of nitrogens with zero attached hydrogens (tertiary/aromatic N) is 1. The monoisotopic (exact) mass is 312 g/mol. The molecule has 0 aliphatic carbocycles. The molecule has 1 amide bonds. The summed E-state index contributed by atoms with van der Waals surface area (Å²) in [6.45, 7) is 2.53. The molecule has 0 aliphatic heterocycles. The molecule has 0 fully saturated rings. The van der Waals surface area contributed by atoms with E-state index in [2.05, 4.69) is 0 Å². The maximum Gasteiger partial charge on any atom is 0.239 e. The molecule has 2 N–H and O–H groups in total. The topological polar surface area (TPSA) is 55.6 Å². The summed E-state index contributed by atoms with van der Waals surface area (Å²) in [4.78, 5) is 14.1. The van der Waals surface area contributed by atoms with Crippen molar-refractivity contribution in [3.63, 3.8) is 0 Å². The second kappa shape index (κ2) is 7.79. The largest absolute Gasteiger partial charge is 0.496 e. The van der Waals surface area contributed by atoms with Crippen molar-refractivity contribution in [2.45, 2.75) is 25.9 Å². The van der Waals surface area contributed by atoms with Crippen LogP contribution in [0.3, 0.4) is 0 Å². The Balaban J connectivity index is 1.98. The van der Waals surface area contributed by atoms with Crippen LogP contribution in [0.15, 0.2) is 48.5 Å². The molecule has 0 unspecified atom stereocenters. The molecule has 122 valence electrons. The van der Waals surface area contributed by atoms with Crippen molar-refractivity contribution in [3.05, 3.63) is 65.2 Å². The number of nitrogens with two attached hydrogens (primary N) is 1. The van der Waals surface area contributed by atoms with Gasteiger partial charge in [0.2, 0.25) is 5.91 Å². The van der Waals surface area contributed by atoms with Crippen LogP contribution in [0.2, 0.25) is 0 Å². The molecule has 2 rings (SSSR count). The minimum atomic E-state index is -0.526. The Labute approximate surface area is 137 Å². The minimum Gasteiger partial charge on any atom is -0.496 e. The SMILES string of the molecule is COc1ccc(CN(C)C(=O)[C@H](N)Cc2ccccc2)cc1C. The molecule has 0 heterocycles. The van der Waals surface area contributed by atoms with Gasteiger partial charge in [-0.2, -0.15) is 0 Å². The number of likely N-dealkylation sites (N-methyl/N-ethyl adjacent to an activating group) is 1. The van der Waals surface area contributed by atoms with Crippen molar-refractivity contribution in [3.8, 4) is 5.75 Å². The summed E-state index contributed by atoms with van der Waals surface area (Å²) in [6.07, 6.45) is 0.547. The van der Waals surface area contributed by atoms with Crippen molar-refractivity contribution in [2.75, 3.05) is 14.2 Å². The van der Waals surface area contributed by atoms with E-state index >= 15 is 0 Å². The third-order valence-electron chi connectivity index (χ3n) is 3.87. The fraction of sp³-hybridized carbons (Fsp3) is 0.316. The second-order valence-corrected chi connectivity index (χ2v) is 5.79. The van der Waals surface area contributed by atoms with Crippen LogP contribution in [0.25, 0.3) is 0 Å². The molecular formula is C19H24N2O2. The van der Waals surface area contributed by atoms with E-state index in [1.807, 2.05) is 55.5 Å². The van der Waals surface area contributed by atoms with Crippen molar-refractivity contribution in [1.82, 2.24) is 4.90 Å². The fourth-order valence-electron chi connectivity index (χ4n) is 2.63. The number of hydrogen-bond acceptors (Lipinski definition) is 3. The zero-order valence-corrected chi connectivity index (χ0v) is 14.0. The Kier molecular flexibility index (Phi) is 5.77. The average molecular weight is 312 g/mol. The Morgan fingerprint density at radius 1 is 1.17 bits per heavy atom. The van der Waals surface area contributed by atoms with Crippen LogP contribution in [0, 0.1) is 6.92 Å². The minimum absolute atomic E-state index is 0.0534. The van der Waals surface area contributed by atoms with Crippen LogP contribution in [-0.2, 0) is 17.8 Å². The Morgan fingerprint density at radius 2 is 1.87 bits per heavy atom. The third kappa shape index (κ3) is 4.57. The van der Waals surface area contributed by atoms with E-state index in [9.17, 15) is 4.79 Å². The maximum atomic E-state index is 12.4. The first-order chi connectivity index (χ1) is 11.0. The first-order valence-corrected chi connectivity index (χ1v) is 7.69. The Bertz CT molecular complexity index is 656. The van der Waals surface area contributed by atoms with E-state index in [1.54, 1.807) is 19.1 Å². The molecule has 1 atom stereocenters. The molecule has 0 spiro atoms. The van der Waals surface area contributed by atoms with Gasteiger partial charge in [-0.3, -0.25) is 4.79 Å². The summed E-state index contributed by atoms with van der Waals surface area (Å²) in [5.41, 5.74) is 9.26. The number of carbonyl (C=O) groups is 1. The van der Waals surface area contributed by atoms with Crippen molar-refractivity contribution in [2.24, 2.45) is 5.73 Å². The van der Waals surface area contributed by atoms with Gasteiger partial charge in [-0.15, -0.1) is 0 Å². The summed E-state index contributed by atoms with van der Waals surface area (Å²) in [5, 5.41) is 0. The lowest BCUT2D eigenvalue weighted by atomic mass is 10.1. The van der Waals surface area contributed by atoms with Gasteiger partial charge >= 0.3 is 0 Å². The normalized spacial score (nSPS) is 11.8. The van der Waals surface area contributed by atoms with Gasteiger partial charge in [0.15, 0.2) is 0 Å². The highest BCUT2D eigenvalue weighted by molar-refractivity contribution is 5.81. The van der Waals surface area contributed by atoms with E-state index in [1.165, 1.54) is 0 Å². The summed E-state index contributed by atoms with van der Waals surface area (Å²) < 4.78 is 5.26. The number of aryl methyl sites for hydroxylation is 1. The number of ether oxygens (including phenoxy) is 1. The molecule has 23 heavy (non-hydrogen) atoms. The van der Waals surface area contributed by atoms with E-state index in [-0.39, 0.29) is 5.91 Å². The van der Waals surface area contributed by atoms with Gasteiger partial charge in [0.05, 0.1) is 13.2 Å². The van der Waals surface area contributed by atoms with E-state index < -0.39 is 6.04 Å². The van der Waals surface area contributed by atoms with Crippen LogP contribution in [0.4, 0.5) is 0 Å². The van der Waals surface area contributed by atoms with Gasteiger partial charge in [-0.1, -0.05) is 42.5 Å². The highest BCUT2D eigenvalue weighted by Gasteiger charge is 2.18. The summed E-state index contributed by atoms with van der Waals surface area (Å²) in [7, 11) is 3.44. The summed E-state index contributed by atoms with van der Waals surface area (Å²) in [6, 6.07) is 15.2. The lowest BCUT2D eigenvalue weighted by Gasteiger charge is -2.22. The molecule has 0 aliphatic rings. The highest BCUT2D eigenvalue weighted by Crippen LogP contribution is 2.19. The predicted molar refractivity (Wildman–Crippen MR) is 92.3 cm³/mol. The number of benzene rings is 2. The van der Waals surface area contributed by atoms with Gasteiger partial charge in [0.25, 0.3) is 0 Å². The summed E-state index contributed by atoms with van der Waals surface area (Å²) >= 11 is 0. The summed E-state index contributed by atoms with van der Waals surface area (Å²) in [5.74, 6) is 0.797. The average Bonchev–Trinajstić information content (AvgIpc) is 2.55. The molecule has 2 aromatic carbocycles. The van der Waals surface area contributed by atoms with Crippen LogP contribution < -0.4 is 10.5 Å². The first kappa shape index (κ1) is 17.0. The quantitative estimate of drug-likeness (QED) is 0.892. The van der Waals surface area contributed by atoms with Gasteiger partial charge in [0.1, 0.15) is 5.75 Å². The van der Waals surface area contributed by atoms with E-state index in [0.29, 0.717) is 13.0 Å². The lowest BCUT2D eigenvalue weighted by Crippen LogP contribution is -2.42. The van der Waals surface area contributed by atoms with Crippen LogP contribution in [-0.4, -0.2) is 31.0 Å². The van der Waals surface area contributed by atoms with Crippen molar-refractivity contribution in [1.29, 1.82) is 0 Å². The molecule has 4 heteroatoms. The lowest BCUT2D eigenvalue weighted by molar-refractivity contribution is -0.131. The molecule has 0 saturated carbocycles. The van der Waals surface area contributed by atoms with Gasteiger partial charge in [-0.05, 0) is 36.1 Å². The molecular weight excluding hydrogens is 288 g/mol. The van der Waals surface area contributed by atoms with Gasteiger partial charge in [0, 0.05) is 13.6 Å². The molecule has 0 aromatic heterocycles. The first-order valence-electron chi connectivity index (χ1n) is 7.69. The zero-order valence-electron chi connectivity index (χ0n) is 14.0. The van der Waals surface area contributed by atoms with Crippen LogP contribution in [0.1, 0.15) is 16.7 Å². The number of hydrogen-bond donors (Lipinski definition) is 1. The van der Waals surface area contributed by atoms with E-state index in [4.69, 9.17) is 10.5 Å². The highest BCUT2D eigenvalue weighted by atomic mass is 16.5. The number of methoxy groups -OCH3 is 1. The zero-order chi connectivity index (χ0) is 16.8. The molecule has 0 bridgehead atoms. The number of amides is 1. The van der Waals surface area contributed by atoms with Crippen LogP contribution in [0.5, 0.6) is 5.75 Å². The van der Waals surface area contributed by atoms with Crippen LogP contribution >= 0.6 is 0 Å². The second-order valence-electron chi connectivity index (χ2n) is 5.79. The Morgan fingerprint density at radius 3 is 2.48 bits per heavy atom. The van der Waals surface area contributed by atoms with E-state index in [0.717, 1.165) is 22.4 Å².